The molecular formula is C48H50N4. The molecule has 4 aliphatic rings. The summed E-state index contributed by atoms with van der Waals surface area (Å²) < 4.78 is 0. The normalized spacial score (nSPS) is 17.9. The molecule has 0 radical (unpaired) electrons. The summed E-state index contributed by atoms with van der Waals surface area (Å²) in [5.41, 5.74) is 9.49. The fourth-order valence-electron chi connectivity index (χ4n) is 8.75. The second kappa shape index (κ2) is 14.6. The highest BCUT2D eigenvalue weighted by Crippen LogP contribution is 2.57. The summed E-state index contributed by atoms with van der Waals surface area (Å²) in [6.45, 7) is 13.5. The largest absolute Gasteiger partial charge is 0.368 e. The van der Waals surface area contributed by atoms with Crippen molar-refractivity contribution in [2.45, 2.75) is 78.7 Å². The molecule has 262 valence electrons. The van der Waals surface area contributed by atoms with Crippen LogP contribution in [0.2, 0.25) is 0 Å². The van der Waals surface area contributed by atoms with Crippen molar-refractivity contribution in [1.82, 2.24) is 10.2 Å². The van der Waals surface area contributed by atoms with Gasteiger partial charge in [-0.1, -0.05) is 127 Å². The Hall–Kier alpha value is -5.53. The Bertz CT molecular complexity index is 2320. The highest BCUT2D eigenvalue weighted by Gasteiger charge is 2.46. The van der Waals surface area contributed by atoms with Gasteiger partial charge < -0.3 is 15.1 Å². The molecule has 2 heterocycles. The third-order valence-corrected chi connectivity index (χ3v) is 10.9. The van der Waals surface area contributed by atoms with Crippen molar-refractivity contribution in [2.24, 2.45) is 0 Å². The Morgan fingerprint density at radius 1 is 0.788 bits per heavy atom. The van der Waals surface area contributed by atoms with Gasteiger partial charge in [-0.3, -0.25) is 0 Å². The van der Waals surface area contributed by atoms with Gasteiger partial charge in [0.15, 0.2) is 0 Å². The van der Waals surface area contributed by atoms with Crippen LogP contribution in [0.4, 0.5) is 11.4 Å². The van der Waals surface area contributed by atoms with Crippen LogP contribution < -0.4 is 15.4 Å². The number of dihydropyridines is 1. The first kappa shape index (κ1) is 34.9. The zero-order valence-electron chi connectivity index (χ0n) is 31.5. The predicted octanol–water partition coefficient (Wildman–Crippen LogP) is 11.4. The third-order valence-electron chi connectivity index (χ3n) is 10.9. The summed E-state index contributed by atoms with van der Waals surface area (Å²) in [4.78, 5) is 5.07. The maximum absolute atomic E-state index is 9.85. The van der Waals surface area contributed by atoms with E-state index in [1.54, 1.807) is 0 Å². The molecule has 1 atom stereocenters. The van der Waals surface area contributed by atoms with Crippen LogP contribution in [0.15, 0.2) is 133 Å². The second-order valence-electron chi connectivity index (χ2n) is 14.0. The van der Waals surface area contributed by atoms with Gasteiger partial charge in [-0.2, -0.15) is 5.26 Å². The van der Waals surface area contributed by atoms with Crippen LogP contribution in [0.1, 0.15) is 89.1 Å². The molecule has 0 fully saturated rings. The average Bonchev–Trinajstić information content (AvgIpc) is 3.45. The Morgan fingerprint density at radius 3 is 2.29 bits per heavy atom. The van der Waals surface area contributed by atoms with Crippen LogP contribution in [-0.2, 0) is 11.8 Å². The van der Waals surface area contributed by atoms with Crippen molar-refractivity contribution < 1.29 is 0 Å². The Morgan fingerprint density at radius 2 is 1.56 bits per heavy atom. The van der Waals surface area contributed by atoms with Gasteiger partial charge in [0.2, 0.25) is 0 Å². The smallest absolute Gasteiger partial charge is 0.110 e. The molecule has 0 saturated heterocycles. The molecule has 0 aromatic heterocycles. The molecule has 52 heavy (non-hydrogen) atoms. The van der Waals surface area contributed by atoms with Crippen LogP contribution in [-0.4, -0.2) is 11.4 Å². The molecular weight excluding hydrogens is 633 g/mol. The third kappa shape index (κ3) is 5.70. The van der Waals surface area contributed by atoms with Crippen molar-refractivity contribution in [3.63, 3.8) is 0 Å². The van der Waals surface area contributed by atoms with E-state index < -0.39 is 0 Å². The molecule has 0 bridgehead atoms. The number of benzene rings is 5. The highest BCUT2D eigenvalue weighted by atomic mass is 15.3. The van der Waals surface area contributed by atoms with E-state index in [4.69, 9.17) is 0 Å². The van der Waals surface area contributed by atoms with Crippen molar-refractivity contribution in [3.8, 4) is 6.07 Å². The van der Waals surface area contributed by atoms with Gasteiger partial charge in [0, 0.05) is 45.3 Å². The topological polar surface area (TPSA) is 42.3 Å². The molecule has 0 spiro atoms. The molecule has 1 N–H and O–H groups in total. The molecule has 4 heteroatoms. The predicted molar refractivity (Wildman–Crippen MR) is 220 cm³/mol. The number of nitriles is 1. The monoisotopic (exact) mass is 682 g/mol. The minimum Gasteiger partial charge on any atom is -0.368 e. The maximum atomic E-state index is 9.85. The van der Waals surface area contributed by atoms with E-state index >= 15 is 0 Å². The van der Waals surface area contributed by atoms with E-state index in [0.717, 1.165) is 38.0 Å². The van der Waals surface area contributed by atoms with Gasteiger partial charge in [-0.15, -0.1) is 0 Å². The lowest BCUT2D eigenvalue weighted by molar-refractivity contribution is 0.449. The first-order valence-electron chi connectivity index (χ1n) is 19.2. The molecule has 1 unspecified atom stereocenters. The van der Waals surface area contributed by atoms with Gasteiger partial charge in [-0.25, -0.2) is 0 Å². The number of allylic oxidation sites excluding steroid dienone is 6. The van der Waals surface area contributed by atoms with Gasteiger partial charge in [0.1, 0.15) is 5.82 Å². The summed E-state index contributed by atoms with van der Waals surface area (Å²) in [6.07, 6.45) is 17.4. The summed E-state index contributed by atoms with van der Waals surface area (Å²) >= 11 is 0. The number of nitrogens with one attached hydrogen (secondary N) is 1. The molecule has 0 saturated carbocycles. The lowest BCUT2D eigenvalue weighted by atomic mass is 9.77. The van der Waals surface area contributed by atoms with Gasteiger partial charge in [0.25, 0.3) is 0 Å². The van der Waals surface area contributed by atoms with Crippen molar-refractivity contribution in [1.29, 1.82) is 5.26 Å². The van der Waals surface area contributed by atoms with E-state index in [0.29, 0.717) is 5.56 Å². The number of hydrogen-bond acceptors (Lipinski definition) is 4. The van der Waals surface area contributed by atoms with E-state index in [1.165, 1.54) is 66.2 Å². The van der Waals surface area contributed by atoms with Crippen molar-refractivity contribution in [2.75, 3.05) is 11.4 Å². The van der Waals surface area contributed by atoms with E-state index in [2.05, 4.69) is 150 Å². The number of rotatable bonds is 5. The van der Waals surface area contributed by atoms with Crippen LogP contribution in [0, 0.1) is 11.3 Å². The molecule has 4 nitrogen and oxygen atoms in total. The lowest BCUT2D eigenvalue weighted by Gasteiger charge is -2.37. The SMILES string of the molecule is CC.CC.CC1(C)c2cc(C#N)ccc2N(c2ccc3ccc4c5c(ccc2c35)CCC=4N(C2=CC=CCC2)C2=CC=CCN2)C1c1ccccc1. The fourth-order valence-corrected chi connectivity index (χ4v) is 8.75. The zero-order chi connectivity index (χ0) is 36.4. The Labute approximate surface area is 309 Å². The molecule has 2 aliphatic carbocycles. The maximum Gasteiger partial charge on any atom is 0.110 e. The zero-order valence-corrected chi connectivity index (χ0v) is 31.5. The average molecular weight is 683 g/mol. The van der Waals surface area contributed by atoms with Crippen LogP contribution >= 0.6 is 0 Å². The summed E-state index contributed by atoms with van der Waals surface area (Å²) in [6, 6.07) is 33.7. The number of anilines is 2. The van der Waals surface area contributed by atoms with Gasteiger partial charge >= 0.3 is 0 Å². The van der Waals surface area contributed by atoms with E-state index in [1.807, 2.05) is 33.8 Å². The summed E-state index contributed by atoms with van der Waals surface area (Å²) in [5.74, 6) is 1.16. The number of aryl methyl sites for hydroxylation is 1. The first-order valence-corrected chi connectivity index (χ1v) is 19.2. The van der Waals surface area contributed by atoms with Crippen LogP contribution in [0.3, 0.4) is 0 Å². The van der Waals surface area contributed by atoms with Crippen molar-refractivity contribution in [3.05, 3.63) is 160 Å². The second-order valence-corrected chi connectivity index (χ2v) is 14.0. The first-order chi connectivity index (χ1) is 25.5. The number of hydrogen-bond donors (Lipinski definition) is 1. The minimum atomic E-state index is -0.226. The van der Waals surface area contributed by atoms with Gasteiger partial charge in [0.05, 0.1) is 17.7 Å². The molecule has 5 aromatic carbocycles. The van der Waals surface area contributed by atoms with E-state index in [9.17, 15) is 5.26 Å². The van der Waals surface area contributed by atoms with Crippen LogP contribution in [0.25, 0.3) is 27.2 Å². The quantitative estimate of drug-likeness (QED) is 0.200. The minimum absolute atomic E-state index is 0.0657. The molecule has 0 amide bonds. The number of fused-ring (bicyclic) bond motifs is 1. The lowest BCUT2D eigenvalue weighted by Crippen LogP contribution is -2.36. The van der Waals surface area contributed by atoms with E-state index in [-0.39, 0.29) is 11.5 Å². The van der Waals surface area contributed by atoms with Crippen molar-refractivity contribution >= 4 is 38.6 Å². The molecule has 5 aromatic rings. The van der Waals surface area contributed by atoms with Gasteiger partial charge in [-0.05, 0) is 94.9 Å². The highest BCUT2D eigenvalue weighted by molar-refractivity contribution is 6.17. The Balaban J connectivity index is 0.00000102. The molecule has 9 rings (SSSR count). The summed E-state index contributed by atoms with van der Waals surface area (Å²) in [5, 5.41) is 20.1. The summed E-state index contributed by atoms with van der Waals surface area (Å²) in [7, 11) is 0. The van der Waals surface area contributed by atoms with Crippen LogP contribution in [0.5, 0.6) is 0 Å². The Kier molecular flexibility index (Phi) is 9.80. The number of nitrogens with zero attached hydrogens (tertiary/aromatic N) is 3. The standard InChI is InChI=1S/C44H38N4.2C2H6/c1-44(2)36-27-29(28-45)16-23-39(36)48(43(44)32-11-5-3-6-12-32)38-25-20-31-17-21-34-37(24-19-30-18-22-35(38)42(31)41(30)34)47(33-13-7-4-8-14-33)40-15-9-10-26-46-40;2*1-2/h3-7,9-13,15-18,20-23,25,27,43,46H,8,14,19,24,26H2,1-2H3;2*1-2H3. The molecule has 2 aliphatic heterocycles. The fraction of sp³-hybridized carbons (Fsp3) is 0.271.